The van der Waals surface area contributed by atoms with Gasteiger partial charge < -0.3 is 4.90 Å². The third-order valence-electron chi connectivity index (χ3n) is 4.55. The summed E-state index contributed by atoms with van der Waals surface area (Å²) in [6.45, 7) is 10.0. The van der Waals surface area contributed by atoms with Crippen molar-refractivity contribution in [3.8, 4) is 0 Å². The summed E-state index contributed by atoms with van der Waals surface area (Å²) in [4.78, 5) is 19.4. The van der Waals surface area contributed by atoms with Crippen LogP contribution in [0, 0.1) is 12.8 Å². The van der Waals surface area contributed by atoms with E-state index in [0.29, 0.717) is 5.56 Å². The SMILES string of the molecule is Cc1nc2c(cnn2C(C)C)cc1C(=O)N1CCC(C)CC1. The van der Waals surface area contributed by atoms with E-state index in [1.54, 1.807) is 6.20 Å². The molecule has 118 valence electrons. The summed E-state index contributed by atoms with van der Waals surface area (Å²) in [7, 11) is 0. The zero-order valence-electron chi connectivity index (χ0n) is 13.8. The van der Waals surface area contributed by atoms with Gasteiger partial charge in [0.05, 0.1) is 17.5 Å². The van der Waals surface area contributed by atoms with Crippen molar-refractivity contribution in [2.24, 2.45) is 5.92 Å². The quantitative estimate of drug-likeness (QED) is 0.856. The first-order chi connectivity index (χ1) is 10.5. The number of rotatable bonds is 2. The minimum Gasteiger partial charge on any atom is -0.339 e. The van der Waals surface area contributed by atoms with E-state index >= 15 is 0 Å². The van der Waals surface area contributed by atoms with Crippen LogP contribution in [-0.2, 0) is 0 Å². The highest BCUT2D eigenvalue weighted by atomic mass is 16.2. The molecular formula is C17H24N4O. The monoisotopic (exact) mass is 300 g/mol. The van der Waals surface area contributed by atoms with Crippen LogP contribution in [0.3, 0.4) is 0 Å². The van der Waals surface area contributed by atoms with Gasteiger partial charge in [0.15, 0.2) is 5.65 Å². The van der Waals surface area contributed by atoms with Crippen LogP contribution in [0.1, 0.15) is 55.7 Å². The maximum atomic E-state index is 12.8. The summed E-state index contributed by atoms with van der Waals surface area (Å²) in [6.07, 6.45) is 3.98. The molecule has 1 fully saturated rings. The molecular weight excluding hydrogens is 276 g/mol. The Balaban J connectivity index is 1.94. The van der Waals surface area contributed by atoms with Crippen LogP contribution in [0.15, 0.2) is 12.3 Å². The lowest BCUT2D eigenvalue weighted by Gasteiger charge is -2.30. The molecule has 0 atom stereocenters. The fourth-order valence-electron chi connectivity index (χ4n) is 3.04. The molecule has 5 heteroatoms. The maximum absolute atomic E-state index is 12.8. The molecule has 1 aliphatic rings. The second-order valence-electron chi connectivity index (χ2n) is 6.69. The van der Waals surface area contributed by atoms with E-state index in [4.69, 9.17) is 0 Å². The zero-order valence-corrected chi connectivity index (χ0v) is 13.8. The number of amides is 1. The van der Waals surface area contributed by atoms with E-state index in [9.17, 15) is 4.79 Å². The zero-order chi connectivity index (χ0) is 15.9. The van der Waals surface area contributed by atoms with Gasteiger partial charge in [-0.05, 0) is 45.6 Å². The van der Waals surface area contributed by atoms with Crippen molar-refractivity contribution >= 4 is 16.9 Å². The van der Waals surface area contributed by atoms with Crippen molar-refractivity contribution in [1.82, 2.24) is 19.7 Å². The minimum absolute atomic E-state index is 0.107. The molecule has 2 aromatic heterocycles. The summed E-state index contributed by atoms with van der Waals surface area (Å²) in [5.74, 6) is 0.825. The van der Waals surface area contributed by atoms with Gasteiger partial charge in [0.1, 0.15) is 0 Å². The Morgan fingerprint density at radius 1 is 1.32 bits per heavy atom. The van der Waals surface area contributed by atoms with Gasteiger partial charge in [-0.1, -0.05) is 6.92 Å². The molecule has 3 heterocycles. The predicted molar refractivity (Wildman–Crippen MR) is 87.0 cm³/mol. The van der Waals surface area contributed by atoms with E-state index in [2.05, 4.69) is 30.9 Å². The molecule has 22 heavy (non-hydrogen) atoms. The van der Waals surface area contributed by atoms with Gasteiger partial charge >= 0.3 is 0 Å². The molecule has 5 nitrogen and oxygen atoms in total. The topological polar surface area (TPSA) is 51.0 Å². The molecule has 0 bridgehead atoms. The Morgan fingerprint density at radius 3 is 2.64 bits per heavy atom. The van der Waals surface area contributed by atoms with Crippen molar-refractivity contribution in [1.29, 1.82) is 0 Å². The number of piperidine rings is 1. The number of aromatic nitrogens is 3. The fourth-order valence-corrected chi connectivity index (χ4v) is 3.04. The lowest BCUT2D eigenvalue weighted by molar-refractivity contribution is 0.0696. The molecule has 3 rings (SSSR count). The Bertz CT molecular complexity index is 696. The molecule has 0 aliphatic carbocycles. The van der Waals surface area contributed by atoms with Crippen molar-refractivity contribution in [3.63, 3.8) is 0 Å². The number of hydrogen-bond acceptors (Lipinski definition) is 3. The average molecular weight is 300 g/mol. The number of carbonyl (C=O) groups is 1. The molecule has 1 aliphatic heterocycles. The molecule has 0 radical (unpaired) electrons. The Kier molecular flexibility index (Phi) is 3.89. The lowest BCUT2D eigenvalue weighted by Crippen LogP contribution is -2.38. The van der Waals surface area contributed by atoms with Gasteiger partial charge in [0.2, 0.25) is 0 Å². The highest BCUT2D eigenvalue weighted by Crippen LogP contribution is 2.23. The second-order valence-corrected chi connectivity index (χ2v) is 6.69. The lowest BCUT2D eigenvalue weighted by atomic mass is 9.98. The van der Waals surface area contributed by atoms with Crippen LogP contribution in [0.2, 0.25) is 0 Å². The summed E-state index contributed by atoms with van der Waals surface area (Å²) in [5, 5.41) is 5.33. The second kappa shape index (κ2) is 5.71. The maximum Gasteiger partial charge on any atom is 0.255 e. The largest absolute Gasteiger partial charge is 0.339 e. The van der Waals surface area contributed by atoms with Crippen LogP contribution in [0.4, 0.5) is 0 Å². The number of pyridine rings is 1. The molecule has 0 unspecified atom stereocenters. The minimum atomic E-state index is 0.107. The fraction of sp³-hybridized carbons (Fsp3) is 0.588. The van der Waals surface area contributed by atoms with Gasteiger partial charge in [0, 0.05) is 24.5 Å². The Morgan fingerprint density at radius 2 is 2.00 bits per heavy atom. The molecule has 0 N–H and O–H groups in total. The van der Waals surface area contributed by atoms with Crippen molar-refractivity contribution in [2.75, 3.05) is 13.1 Å². The van der Waals surface area contributed by atoms with E-state index in [-0.39, 0.29) is 11.9 Å². The van der Waals surface area contributed by atoms with Crippen molar-refractivity contribution in [3.05, 3.63) is 23.5 Å². The number of likely N-dealkylation sites (tertiary alicyclic amines) is 1. The number of hydrogen-bond donors (Lipinski definition) is 0. The third-order valence-corrected chi connectivity index (χ3v) is 4.55. The molecule has 2 aromatic rings. The van der Waals surface area contributed by atoms with Crippen LogP contribution in [-0.4, -0.2) is 38.7 Å². The Hall–Kier alpha value is -1.91. The van der Waals surface area contributed by atoms with E-state index in [1.165, 1.54) is 0 Å². The van der Waals surface area contributed by atoms with Crippen LogP contribution >= 0.6 is 0 Å². The average Bonchev–Trinajstić information content (AvgIpc) is 2.89. The van der Waals surface area contributed by atoms with Gasteiger partial charge in [0.25, 0.3) is 5.91 Å². The molecule has 0 saturated carbocycles. The van der Waals surface area contributed by atoms with Crippen molar-refractivity contribution < 1.29 is 4.79 Å². The molecule has 0 spiro atoms. The first-order valence-corrected chi connectivity index (χ1v) is 8.11. The smallest absolute Gasteiger partial charge is 0.255 e. The summed E-state index contributed by atoms with van der Waals surface area (Å²) >= 11 is 0. The van der Waals surface area contributed by atoms with Crippen LogP contribution in [0.25, 0.3) is 11.0 Å². The molecule has 0 aromatic carbocycles. The molecule has 1 amide bonds. The summed E-state index contributed by atoms with van der Waals surface area (Å²) in [5.41, 5.74) is 2.36. The number of fused-ring (bicyclic) bond motifs is 1. The van der Waals surface area contributed by atoms with Gasteiger partial charge in [-0.25, -0.2) is 9.67 Å². The Labute approximate surface area is 131 Å². The van der Waals surface area contributed by atoms with E-state index < -0.39 is 0 Å². The third kappa shape index (κ3) is 2.60. The van der Waals surface area contributed by atoms with Gasteiger partial charge in [-0.2, -0.15) is 5.10 Å². The standard InChI is InChI=1S/C17H24N4O/c1-11(2)21-16-14(10-18-21)9-15(13(4)19-16)17(22)20-7-5-12(3)6-8-20/h9-12H,5-8H2,1-4H3. The number of carbonyl (C=O) groups excluding carboxylic acids is 1. The normalized spacial score (nSPS) is 16.7. The first kappa shape index (κ1) is 15.0. The highest BCUT2D eigenvalue weighted by Gasteiger charge is 2.24. The molecule has 1 saturated heterocycles. The highest BCUT2D eigenvalue weighted by molar-refractivity contribution is 5.98. The van der Waals surface area contributed by atoms with Crippen LogP contribution < -0.4 is 0 Å². The summed E-state index contributed by atoms with van der Waals surface area (Å²) in [6, 6.07) is 2.21. The number of aryl methyl sites for hydroxylation is 1. The van der Waals surface area contributed by atoms with E-state index in [0.717, 1.165) is 48.6 Å². The predicted octanol–water partition coefficient (Wildman–Crippen LogP) is 3.19. The summed E-state index contributed by atoms with van der Waals surface area (Å²) < 4.78 is 1.90. The van der Waals surface area contributed by atoms with Crippen LogP contribution in [0.5, 0.6) is 0 Å². The van der Waals surface area contributed by atoms with Crippen molar-refractivity contribution in [2.45, 2.75) is 46.6 Å². The van der Waals surface area contributed by atoms with Gasteiger partial charge in [-0.3, -0.25) is 4.79 Å². The first-order valence-electron chi connectivity index (χ1n) is 8.11. The van der Waals surface area contributed by atoms with Gasteiger partial charge in [-0.15, -0.1) is 0 Å². The number of nitrogens with zero attached hydrogens (tertiary/aromatic N) is 4. The van der Waals surface area contributed by atoms with E-state index in [1.807, 2.05) is 22.6 Å².